The van der Waals surface area contributed by atoms with E-state index in [4.69, 9.17) is 4.74 Å². The van der Waals surface area contributed by atoms with Gasteiger partial charge in [0.05, 0.1) is 11.7 Å². The third-order valence-corrected chi connectivity index (χ3v) is 2.56. The third kappa shape index (κ3) is 2.70. The highest BCUT2D eigenvalue weighted by atomic mass is 16.5. The molecule has 1 aliphatic heterocycles. The zero-order valence-corrected chi connectivity index (χ0v) is 8.86. The molecule has 0 spiro atoms. The molecule has 0 bridgehead atoms. The van der Waals surface area contributed by atoms with Crippen molar-refractivity contribution in [1.29, 1.82) is 0 Å². The van der Waals surface area contributed by atoms with Crippen molar-refractivity contribution in [3.8, 4) is 0 Å². The Kier molecular flexibility index (Phi) is 3.36. The van der Waals surface area contributed by atoms with Gasteiger partial charge in [-0.1, -0.05) is 0 Å². The van der Waals surface area contributed by atoms with Crippen molar-refractivity contribution in [2.24, 2.45) is 0 Å². The maximum Gasteiger partial charge on any atom is 0.252 e. The molecular formula is C11H14N2O3. The predicted molar refractivity (Wildman–Crippen MR) is 58.4 cm³/mol. The molecule has 16 heavy (non-hydrogen) atoms. The lowest BCUT2D eigenvalue weighted by Gasteiger charge is -2.10. The van der Waals surface area contributed by atoms with Crippen LogP contribution in [0.25, 0.3) is 0 Å². The Morgan fingerprint density at radius 3 is 3.06 bits per heavy atom. The summed E-state index contributed by atoms with van der Waals surface area (Å²) < 4.78 is 5.39. The van der Waals surface area contributed by atoms with Crippen molar-refractivity contribution in [3.63, 3.8) is 0 Å². The van der Waals surface area contributed by atoms with E-state index < -0.39 is 0 Å². The molecule has 1 aliphatic rings. The van der Waals surface area contributed by atoms with Gasteiger partial charge in [0, 0.05) is 25.4 Å². The van der Waals surface area contributed by atoms with Crippen molar-refractivity contribution < 1.29 is 9.53 Å². The fraction of sp³-hybridized carbons (Fsp3) is 0.455. The van der Waals surface area contributed by atoms with Crippen LogP contribution in [0.2, 0.25) is 0 Å². The van der Waals surface area contributed by atoms with Crippen LogP contribution >= 0.6 is 0 Å². The SMILES string of the molecule is O=C(NCC1CCCO1)c1ccc(=O)[nH]c1. The third-order valence-electron chi connectivity index (χ3n) is 2.56. The Hall–Kier alpha value is -1.62. The molecule has 1 unspecified atom stereocenters. The smallest absolute Gasteiger partial charge is 0.252 e. The quantitative estimate of drug-likeness (QED) is 0.771. The van der Waals surface area contributed by atoms with E-state index in [2.05, 4.69) is 10.3 Å². The van der Waals surface area contributed by atoms with Gasteiger partial charge in [0.15, 0.2) is 0 Å². The van der Waals surface area contributed by atoms with Crippen molar-refractivity contribution in [1.82, 2.24) is 10.3 Å². The number of nitrogens with one attached hydrogen (secondary N) is 2. The molecule has 1 aromatic rings. The molecule has 1 atom stereocenters. The van der Waals surface area contributed by atoms with Gasteiger partial charge in [-0.3, -0.25) is 9.59 Å². The monoisotopic (exact) mass is 222 g/mol. The van der Waals surface area contributed by atoms with Gasteiger partial charge >= 0.3 is 0 Å². The molecule has 1 aromatic heterocycles. The number of ether oxygens (including phenoxy) is 1. The van der Waals surface area contributed by atoms with Gasteiger partial charge in [-0.05, 0) is 18.9 Å². The van der Waals surface area contributed by atoms with E-state index in [1.807, 2.05) is 0 Å². The molecule has 86 valence electrons. The van der Waals surface area contributed by atoms with E-state index in [9.17, 15) is 9.59 Å². The lowest BCUT2D eigenvalue weighted by atomic mass is 10.2. The minimum atomic E-state index is -0.212. The number of amides is 1. The Morgan fingerprint density at radius 1 is 1.56 bits per heavy atom. The summed E-state index contributed by atoms with van der Waals surface area (Å²) in [5.41, 5.74) is 0.244. The van der Waals surface area contributed by atoms with Crippen molar-refractivity contribution in [2.75, 3.05) is 13.2 Å². The first-order valence-corrected chi connectivity index (χ1v) is 5.34. The molecule has 2 N–H and O–H groups in total. The molecule has 1 amide bonds. The maximum atomic E-state index is 11.6. The molecule has 1 fully saturated rings. The second-order valence-electron chi connectivity index (χ2n) is 3.79. The van der Waals surface area contributed by atoms with Crippen LogP contribution in [0.4, 0.5) is 0 Å². The van der Waals surface area contributed by atoms with E-state index in [1.54, 1.807) is 0 Å². The first-order chi connectivity index (χ1) is 7.75. The molecule has 2 heterocycles. The first kappa shape index (κ1) is 10.9. The normalized spacial score (nSPS) is 19.6. The summed E-state index contributed by atoms with van der Waals surface area (Å²) in [6, 6.07) is 2.84. The van der Waals surface area contributed by atoms with Gasteiger partial charge in [-0.2, -0.15) is 0 Å². The Bertz CT molecular complexity index is 401. The van der Waals surface area contributed by atoms with Crippen LogP contribution in [-0.4, -0.2) is 30.1 Å². The zero-order chi connectivity index (χ0) is 11.4. The molecular weight excluding hydrogens is 208 g/mol. The number of rotatable bonds is 3. The predicted octanol–water partition coefficient (Wildman–Crippen LogP) is 0.284. The van der Waals surface area contributed by atoms with Crippen LogP contribution in [0, 0.1) is 0 Å². The van der Waals surface area contributed by atoms with E-state index in [0.29, 0.717) is 12.1 Å². The number of H-pyrrole nitrogens is 1. The minimum absolute atomic E-state index is 0.131. The van der Waals surface area contributed by atoms with Crippen molar-refractivity contribution >= 4 is 5.91 Å². The lowest BCUT2D eigenvalue weighted by molar-refractivity contribution is 0.0857. The number of hydrogen-bond donors (Lipinski definition) is 2. The molecule has 0 saturated carbocycles. The summed E-state index contributed by atoms with van der Waals surface area (Å²) in [5, 5.41) is 2.77. The molecule has 0 aromatic carbocycles. The van der Waals surface area contributed by atoms with Gasteiger partial charge in [-0.15, -0.1) is 0 Å². The minimum Gasteiger partial charge on any atom is -0.376 e. The highest BCUT2D eigenvalue weighted by Gasteiger charge is 2.16. The van der Waals surface area contributed by atoms with E-state index in [-0.39, 0.29) is 17.6 Å². The molecule has 0 aliphatic carbocycles. The fourth-order valence-electron chi connectivity index (χ4n) is 1.67. The number of carbonyl (C=O) groups is 1. The largest absolute Gasteiger partial charge is 0.376 e. The number of aromatic amines is 1. The number of hydrogen-bond acceptors (Lipinski definition) is 3. The first-order valence-electron chi connectivity index (χ1n) is 5.34. The Morgan fingerprint density at radius 2 is 2.44 bits per heavy atom. The summed E-state index contributed by atoms with van der Waals surface area (Å²) in [6.07, 6.45) is 3.59. The summed E-state index contributed by atoms with van der Waals surface area (Å²) in [4.78, 5) is 24.9. The number of aromatic nitrogens is 1. The summed E-state index contributed by atoms with van der Waals surface area (Å²) in [7, 11) is 0. The Labute approximate surface area is 92.8 Å². The van der Waals surface area contributed by atoms with Crippen LogP contribution in [-0.2, 0) is 4.74 Å². The van der Waals surface area contributed by atoms with Gasteiger partial charge in [0.2, 0.25) is 5.56 Å². The molecule has 0 radical (unpaired) electrons. The molecule has 2 rings (SSSR count). The standard InChI is InChI=1S/C11H14N2O3/c14-10-4-3-8(6-12-10)11(15)13-7-9-2-1-5-16-9/h3-4,6,9H,1-2,5,7H2,(H,12,14)(H,13,15). The second-order valence-corrected chi connectivity index (χ2v) is 3.79. The lowest BCUT2D eigenvalue weighted by Crippen LogP contribution is -2.32. The zero-order valence-electron chi connectivity index (χ0n) is 8.86. The van der Waals surface area contributed by atoms with Crippen LogP contribution in [0.3, 0.4) is 0 Å². The van der Waals surface area contributed by atoms with Crippen LogP contribution in [0.1, 0.15) is 23.2 Å². The fourth-order valence-corrected chi connectivity index (χ4v) is 1.67. The number of pyridine rings is 1. The van der Waals surface area contributed by atoms with Crippen LogP contribution in [0.15, 0.2) is 23.1 Å². The summed E-state index contributed by atoms with van der Waals surface area (Å²) >= 11 is 0. The Balaban J connectivity index is 1.87. The topological polar surface area (TPSA) is 71.2 Å². The molecule has 5 nitrogen and oxygen atoms in total. The van der Waals surface area contributed by atoms with Gasteiger partial charge in [0.25, 0.3) is 5.91 Å². The second kappa shape index (κ2) is 4.94. The maximum absolute atomic E-state index is 11.6. The summed E-state index contributed by atoms with van der Waals surface area (Å²) in [5.74, 6) is -0.188. The van der Waals surface area contributed by atoms with Crippen LogP contribution in [0.5, 0.6) is 0 Å². The average Bonchev–Trinajstić information content (AvgIpc) is 2.80. The van der Waals surface area contributed by atoms with E-state index in [1.165, 1.54) is 18.3 Å². The highest BCUT2D eigenvalue weighted by Crippen LogP contribution is 2.10. The van der Waals surface area contributed by atoms with E-state index >= 15 is 0 Å². The van der Waals surface area contributed by atoms with Gasteiger partial charge < -0.3 is 15.0 Å². The molecule has 5 heteroatoms. The summed E-state index contributed by atoms with van der Waals surface area (Å²) in [6.45, 7) is 1.30. The number of carbonyl (C=O) groups excluding carboxylic acids is 1. The van der Waals surface area contributed by atoms with Crippen molar-refractivity contribution in [2.45, 2.75) is 18.9 Å². The van der Waals surface area contributed by atoms with Gasteiger partial charge in [-0.25, -0.2) is 0 Å². The van der Waals surface area contributed by atoms with Gasteiger partial charge in [0.1, 0.15) is 0 Å². The average molecular weight is 222 g/mol. The molecule has 1 saturated heterocycles. The highest BCUT2D eigenvalue weighted by molar-refractivity contribution is 5.93. The van der Waals surface area contributed by atoms with E-state index in [0.717, 1.165) is 19.4 Å². The van der Waals surface area contributed by atoms with Crippen molar-refractivity contribution in [3.05, 3.63) is 34.2 Å². The van der Waals surface area contributed by atoms with Crippen LogP contribution < -0.4 is 10.9 Å².